The topological polar surface area (TPSA) is 23.5 Å². The average Bonchev–Trinajstić information content (AvgIpc) is 2.07. The van der Waals surface area contributed by atoms with E-state index in [9.17, 15) is 0 Å². The predicted molar refractivity (Wildman–Crippen MR) is 46.5 cm³/mol. The second-order valence-electron chi connectivity index (χ2n) is 4.29. The number of hydrogen-bond donors (Lipinski definition) is 1. The van der Waals surface area contributed by atoms with Crippen molar-refractivity contribution in [2.24, 2.45) is 5.92 Å². The van der Waals surface area contributed by atoms with Crippen molar-refractivity contribution in [3.05, 3.63) is 0 Å². The molecule has 1 atom stereocenters. The van der Waals surface area contributed by atoms with Crippen molar-refractivity contribution >= 4 is 0 Å². The highest BCUT2D eigenvalue weighted by Crippen LogP contribution is 2.31. The van der Waals surface area contributed by atoms with E-state index in [2.05, 4.69) is 25.7 Å². The summed E-state index contributed by atoms with van der Waals surface area (Å²) in [5.74, 6) is 0.788. The van der Waals surface area contributed by atoms with Crippen LogP contribution in [0.5, 0.6) is 0 Å². The van der Waals surface area contributed by atoms with Crippen LogP contribution < -0.4 is 0 Å². The molecule has 0 radical (unpaired) electrons. The maximum absolute atomic E-state index is 8.80. The van der Waals surface area contributed by atoms with Gasteiger partial charge in [-0.3, -0.25) is 4.90 Å². The van der Waals surface area contributed by atoms with Crippen LogP contribution in [0.3, 0.4) is 0 Å². The van der Waals surface area contributed by atoms with Crippen molar-refractivity contribution in [2.45, 2.75) is 32.7 Å². The Labute approximate surface area is 69.2 Å². The maximum atomic E-state index is 8.80. The molecule has 1 heterocycles. The van der Waals surface area contributed by atoms with Crippen molar-refractivity contribution in [3.63, 3.8) is 0 Å². The fourth-order valence-corrected chi connectivity index (χ4v) is 2.18. The largest absolute Gasteiger partial charge is 0.395 e. The van der Waals surface area contributed by atoms with Gasteiger partial charge in [-0.1, -0.05) is 6.92 Å². The van der Waals surface area contributed by atoms with Crippen LogP contribution >= 0.6 is 0 Å². The molecule has 2 nitrogen and oxygen atoms in total. The Morgan fingerprint density at radius 2 is 2.18 bits per heavy atom. The molecular formula is C9H19NO. The van der Waals surface area contributed by atoms with E-state index in [0.717, 1.165) is 19.0 Å². The van der Waals surface area contributed by atoms with E-state index >= 15 is 0 Å². The molecule has 1 saturated heterocycles. The molecule has 11 heavy (non-hydrogen) atoms. The van der Waals surface area contributed by atoms with Gasteiger partial charge in [-0.2, -0.15) is 0 Å². The second-order valence-corrected chi connectivity index (χ2v) is 4.29. The number of hydrogen-bond acceptors (Lipinski definition) is 2. The first kappa shape index (κ1) is 9.01. The summed E-state index contributed by atoms with van der Waals surface area (Å²) < 4.78 is 0. The molecule has 0 unspecified atom stereocenters. The number of likely N-dealkylation sites (tertiary alicyclic amines) is 1. The van der Waals surface area contributed by atoms with Crippen LogP contribution in [0.15, 0.2) is 0 Å². The van der Waals surface area contributed by atoms with E-state index in [-0.39, 0.29) is 6.61 Å². The monoisotopic (exact) mass is 157 g/mol. The van der Waals surface area contributed by atoms with E-state index in [1.807, 2.05) is 0 Å². The molecule has 0 aromatic carbocycles. The summed E-state index contributed by atoms with van der Waals surface area (Å²) in [6.07, 6.45) is 1.26. The zero-order valence-corrected chi connectivity index (χ0v) is 7.80. The van der Waals surface area contributed by atoms with Crippen LogP contribution in [0, 0.1) is 5.92 Å². The number of rotatable bonds is 2. The van der Waals surface area contributed by atoms with Gasteiger partial charge < -0.3 is 5.11 Å². The van der Waals surface area contributed by atoms with Crippen molar-refractivity contribution in [1.82, 2.24) is 4.90 Å². The number of aliphatic hydroxyl groups is 1. The molecule has 1 fully saturated rings. The molecule has 1 N–H and O–H groups in total. The second kappa shape index (κ2) is 3.11. The minimum absolute atomic E-state index is 0.288. The van der Waals surface area contributed by atoms with Gasteiger partial charge in [-0.05, 0) is 26.2 Å². The van der Waals surface area contributed by atoms with Gasteiger partial charge in [0.25, 0.3) is 0 Å². The van der Waals surface area contributed by atoms with E-state index in [1.165, 1.54) is 6.42 Å². The van der Waals surface area contributed by atoms with Gasteiger partial charge >= 0.3 is 0 Å². The van der Waals surface area contributed by atoms with Crippen molar-refractivity contribution in [1.29, 1.82) is 0 Å². The zero-order chi connectivity index (χ0) is 8.48. The van der Waals surface area contributed by atoms with E-state index < -0.39 is 0 Å². The highest BCUT2D eigenvalue weighted by atomic mass is 16.3. The standard InChI is InChI=1S/C9H19NO/c1-8-6-9(2,3)10(7-8)4-5-11/h8,11H,4-7H2,1-3H3/t8-/m0/s1. The van der Waals surface area contributed by atoms with Crippen LogP contribution in [0.25, 0.3) is 0 Å². The van der Waals surface area contributed by atoms with Gasteiger partial charge in [0.2, 0.25) is 0 Å². The summed E-state index contributed by atoms with van der Waals surface area (Å²) in [6, 6.07) is 0. The molecule has 0 aliphatic carbocycles. The summed E-state index contributed by atoms with van der Waals surface area (Å²) in [5.41, 5.74) is 0.308. The zero-order valence-electron chi connectivity index (χ0n) is 7.80. The molecule has 0 amide bonds. The molecule has 1 aliphatic rings. The van der Waals surface area contributed by atoms with Gasteiger partial charge in [0.05, 0.1) is 6.61 Å². The minimum Gasteiger partial charge on any atom is -0.395 e. The number of β-amino-alcohol motifs (C(OH)–C–C–N with tert-alkyl or cyclic N) is 1. The highest BCUT2D eigenvalue weighted by Gasteiger charge is 2.35. The Bertz CT molecular complexity index is 134. The lowest BCUT2D eigenvalue weighted by molar-refractivity contribution is 0.135. The quantitative estimate of drug-likeness (QED) is 0.649. The third kappa shape index (κ3) is 1.94. The van der Waals surface area contributed by atoms with Gasteiger partial charge in [-0.25, -0.2) is 0 Å². The fourth-order valence-electron chi connectivity index (χ4n) is 2.18. The molecule has 2 heteroatoms. The van der Waals surface area contributed by atoms with Crippen molar-refractivity contribution < 1.29 is 5.11 Å². The van der Waals surface area contributed by atoms with Crippen LogP contribution in [0.1, 0.15) is 27.2 Å². The Morgan fingerprint density at radius 3 is 2.55 bits per heavy atom. The molecule has 0 aromatic rings. The lowest BCUT2D eigenvalue weighted by Crippen LogP contribution is -2.39. The summed E-state index contributed by atoms with van der Waals surface area (Å²) in [4.78, 5) is 2.37. The summed E-state index contributed by atoms with van der Waals surface area (Å²) in [6.45, 7) is 9.05. The van der Waals surface area contributed by atoms with Crippen LogP contribution in [0.2, 0.25) is 0 Å². The lowest BCUT2D eigenvalue weighted by Gasteiger charge is -2.30. The molecule has 1 aliphatic heterocycles. The molecule has 0 aromatic heterocycles. The minimum atomic E-state index is 0.288. The summed E-state index contributed by atoms with van der Waals surface area (Å²) in [5, 5.41) is 8.80. The first-order chi connectivity index (χ1) is 5.06. The maximum Gasteiger partial charge on any atom is 0.0558 e. The van der Waals surface area contributed by atoms with E-state index in [1.54, 1.807) is 0 Å². The predicted octanol–water partition coefficient (Wildman–Crippen LogP) is 1.10. The molecular weight excluding hydrogens is 138 g/mol. The molecule has 0 saturated carbocycles. The first-order valence-electron chi connectivity index (χ1n) is 4.42. The van der Waals surface area contributed by atoms with Gasteiger partial charge in [0.1, 0.15) is 0 Å². The molecule has 0 bridgehead atoms. The lowest BCUT2D eigenvalue weighted by atomic mass is 9.98. The van der Waals surface area contributed by atoms with Gasteiger partial charge in [-0.15, -0.1) is 0 Å². The average molecular weight is 157 g/mol. The number of aliphatic hydroxyl groups excluding tert-OH is 1. The first-order valence-corrected chi connectivity index (χ1v) is 4.42. The van der Waals surface area contributed by atoms with Crippen LogP contribution in [0.4, 0.5) is 0 Å². The third-order valence-corrected chi connectivity index (χ3v) is 2.61. The van der Waals surface area contributed by atoms with Crippen LogP contribution in [-0.2, 0) is 0 Å². The van der Waals surface area contributed by atoms with Crippen LogP contribution in [-0.4, -0.2) is 35.2 Å². The summed E-state index contributed by atoms with van der Waals surface area (Å²) >= 11 is 0. The Hall–Kier alpha value is -0.0800. The molecule has 0 spiro atoms. The smallest absolute Gasteiger partial charge is 0.0558 e. The van der Waals surface area contributed by atoms with E-state index in [0.29, 0.717) is 5.54 Å². The normalized spacial score (nSPS) is 31.1. The summed E-state index contributed by atoms with van der Waals surface area (Å²) in [7, 11) is 0. The van der Waals surface area contributed by atoms with Gasteiger partial charge in [0, 0.05) is 18.6 Å². The van der Waals surface area contributed by atoms with Crippen molar-refractivity contribution in [2.75, 3.05) is 19.7 Å². The molecule has 66 valence electrons. The Kier molecular flexibility index (Phi) is 2.55. The number of nitrogens with zero attached hydrogens (tertiary/aromatic N) is 1. The van der Waals surface area contributed by atoms with Gasteiger partial charge in [0.15, 0.2) is 0 Å². The van der Waals surface area contributed by atoms with Crippen molar-refractivity contribution in [3.8, 4) is 0 Å². The molecule has 1 rings (SSSR count). The highest BCUT2D eigenvalue weighted by molar-refractivity contribution is 4.90. The Balaban J connectivity index is 2.51. The Morgan fingerprint density at radius 1 is 1.55 bits per heavy atom. The SMILES string of the molecule is C[C@@H]1CN(CCO)C(C)(C)C1. The van der Waals surface area contributed by atoms with E-state index in [4.69, 9.17) is 5.11 Å². The third-order valence-electron chi connectivity index (χ3n) is 2.61. The fraction of sp³-hybridized carbons (Fsp3) is 1.00.